The first-order chi connectivity index (χ1) is 12.1. The van der Waals surface area contributed by atoms with E-state index in [2.05, 4.69) is 15.4 Å². The Kier molecular flexibility index (Phi) is 4.29. The molecular formula is C19H24N4O2. The van der Waals surface area contributed by atoms with Crippen LogP contribution in [0.4, 0.5) is 0 Å². The van der Waals surface area contributed by atoms with Crippen molar-refractivity contribution in [3.05, 3.63) is 48.5 Å². The molecule has 2 N–H and O–H groups in total. The fourth-order valence-corrected chi connectivity index (χ4v) is 3.70. The largest absolute Gasteiger partial charge is 0.393 e. The average molecular weight is 340 g/mol. The first-order valence-corrected chi connectivity index (χ1v) is 9.00. The summed E-state index contributed by atoms with van der Waals surface area (Å²) < 4.78 is 1.84. The summed E-state index contributed by atoms with van der Waals surface area (Å²) in [4.78, 5) is 17.0. The molecule has 2 saturated carbocycles. The zero-order valence-electron chi connectivity index (χ0n) is 14.2. The van der Waals surface area contributed by atoms with Crippen LogP contribution in [0.1, 0.15) is 31.2 Å². The molecule has 2 aliphatic carbocycles. The van der Waals surface area contributed by atoms with Crippen LogP contribution >= 0.6 is 0 Å². The lowest BCUT2D eigenvalue weighted by atomic mass is 9.75. The second-order valence-electron chi connectivity index (χ2n) is 7.51. The molecule has 0 spiro atoms. The first kappa shape index (κ1) is 16.3. The minimum Gasteiger partial charge on any atom is -0.393 e. The van der Waals surface area contributed by atoms with Gasteiger partial charge in [0.2, 0.25) is 5.91 Å². The number of amides is 1. The van der Waals surface area contributed by atoms with Gasteiger partial charge in [0.05, 0.1) is 18.1 Å². The molecule has 2 heterocycles. The number of aliphatic hydroxyl groups is 1. The summed E-state index contributed by atoms with van der Waals surface area (Å²) in [6.07, 6.45) is 11.1. The molecule has 6 heteroatoms. The molecule has 6 nitrogen and oxygen atoms in total. The summed E-state index contributed by atoms with van der Waals surface area (Å²) in [5, 5.41) is 17.2. The molecule has 0 aliphatic heterocycles. The number of nitrogens with zero attached hydrogens (tertiary/aromatic N) is 3. The molecule has 4 rings (SSSR count). The summed E-state index contributed by atoms with van der Waals surface area (Å²) in [5.74, 6) is 0.469. The number of nitrogens with one attached hydrogen (secondary N) is 1. The zero-order chi connectivity index (χ0) is 17.3. The van der Waals surface area contributed by atoms with Gasteiger partial charge in [-0.05, 0) is 61.8 Å². The highest BCUT2D eigenvalue weighted by Gasteiger charge is 2.51. The lowest BCUT2D eigenvalue weighted by molar-refractivity contribution is -0.128. The maximum absolute atomic E-state index is 13.0. The number of aliphatic hydroxyl groups excluding tert-OH is 1. The molecule has 2 aliphatic rings. The van der Waals surface area contributed by atoms with Crippen LogP contribution in [0.3, 0.4) is 0 Å². The Labute approximate surface area is 147 Å². The van der Waals surface area contributed by atoms with Crippen molar-refractivity contribution in [2.24, 2.45) is 11.3 Å². The van der Waals surface area contributed by atoms with E-state index in [1.54, 1.807) is 18.6 Å². The SMILES string of the molecule is O=C(N[C@H](Cc1ccncc1)C1CC(O)C1)C1(Cn2cccn2)CC1. The van der Waals surface area contributed by atoms with E-state index in [-0.39, 0.29) is 23.5 Å². The molecule has 2 aromatic rings. The number of hydrogen-bond donors (Lipinski definition) is 2. The van der Waals surface area contributed by atoms with Crippen LogP contribution in [0, 0.1) is 11.3 Å². The van der Waals surface area contributed by atoms with Gasteiger partial charge in [0, 0.05) is 30.8 Å². The van der Waals surface area contributed by atoms with Crippen molar-refractivity contribution in [1.29, 1.82) is 0 Å². The minimum absolute atomic E-state index is 0.0633. The van der Waals surface area contributed by atoms with Gasteiger partial charge < -0.3 is 10.4 Å². The first-order valence-electron chi connectivity index (χ1n) is 9.00. The third-order valence-corrected chi connectivity index (χ3v) is 5.60. The fraction of sp³-hybridized carbons (Fsp3) is 0.526. The Hall–Kier alpha value is -2.21. The summed E-state index contributed by atoms with van der Waals surface area (Å²) in [7, 11) is 0. The third kappa shape index (κ3) is 3.58. The summed E-state index contributed by atoms with van der Waals surface area (Å²) in [5.41, 5.74) is 0.851. The number of rotatable bonds is 7. The lowest BCUT2D eigenvalue weighted by Gasteiger charge is -2.38. The summed E-state index contributed by atoms with van der Waals surface area (Å²) >= 11 is 0. The highest BCUT2D eigenvalue weighted by atomic mass is 16.3. The fourth-order valence-electron chi connectivity index (χ4n) is 3.70. The Balaban J connectivity index is 1.43. The van der Waals surface area contributed by atoms with Gasteiger partial charge in [-0.3, -0.25) is 14.5 Å². The van der Waals surface area contributed by atoms with Gasteiger partial charge in [-0.15, -0.1) is 0 Å². The molecule has 2 fully saturated rings. The molecule has 25 heavy (non-hydrogen) atoms. The van der Waals surface area contributed by atoms with Gasteiger partial charge in [-0.1, -0.05) is 0 Å². The van der Waals surface area contributed by atoms with E-state index in [1.807, 2.05) is 29.1 Å². The van der Waals surface area contributed by atoms with Gasteiger partial charge in [-0.25, -0.2) is 0 Å². The van der Waals surface area contributed by atoms with E-state index in [1.165, 1.54) is 5.56 Å². The predicted octanol–water partition coefficient (Wildman–Crippen LogP) is 1.56. The molecule has 1 atom stereocenters. The van der Waals surface area contributed by atoms with Gasteiger partial charge in [0.1, 0.15) is 0 Å². The van der Waals surface area contributed by atoms with Crippen molar-refractivity contribution in [3.63, 3.8) is 0 Å². The number of carbonyl (C=O) groups is 1. The van der Waals surface area contributed by atoms with Crippen molar-refractivity contribution < 1.29 is 9.90 Å². The quantitative estimate of drug-likeness (QED) is 0.801. The number of aromatic nitrogens is 3. The predicted molar refractivity (Wildman–Crippen MR) is 92.5 cm³/mol. The van der Waals surface area contributed by atoms with Crippen molar-refractivity contribution in [3.8, 4) is 0 Å². The third-order valence-electron chi connectivity index (χ3n) is 5.60. The van der Waals surface area contributed by atoms with E-state index >= 15 is 0 Å². The number of hydrogen-bond acceptors (Lipinski definition) is 4. The molecule has 1 amide bonds. The zero-order valence-corrected chi connectivity index (χ0v) is 14.2. The van der Waals surface area contributed by atoms with E-state index in [9.17, 15) is 9.90 Å². The van der Waals surface area contributed by atoms with Crippen LogP contribution in [0.15, 0.2) is 43.0 Å². The van der Waals surface area contributed by atoms with Gasteiger partial charge in [0.15, 0.2) is 0 Å². The molecule has 0 saturated heterocycles. The standard InChI is InChI=1S/C19H24N4O2/c24-16-11-15(12-16)17(10-14-2-7-20-8-3-14)22-18(25)19(4-5-19)13-23-9-1-6-21-23/h1-3,6-9,15-17,24H,4-5,10-13H2,(H,22,25)/t15?,16?,17-/m1/s1. The molecular weight excluding hydrogens is 316 g/mol. The highest BCUT2D eigenvalue weighted by molar-refractivity contribution is 5.85. The van der Waals surface area contributed by atoms with Crippen molar-refractivity contribution >= 4 is 5.91 Å². The average Bonchev–Trinajstić information content (AvgIpc) is 3.19. The molecule has 0 radical (unpaired) electrons. The Morgan fingerprint density at radius 2 is 2.08 bits per heavy atom. The maximum atomic E-state index is 13.0. The number of carbonyl (C=O) groups excluding carboxylic acids is 1. The Bertz CT molecular complexity index is 706. The normalized spacial score (nSPS) is 25.0. The highest BCUT2D eigenvalue weighted by Crippen LogP contribution is 2.47. The summed E-state index contributed by atoms with van der Waals surface area (Å²) in [6, 6.07) is 5.93. The van der Waals surface area contributed by atoms with Crippen molar-refractivity contribution in [2.45, 2.75) is 50.8 Å². The molecule has 132 valence electrons. The van der Waals surface area contributed by atoms with Crippen LogP contribution < -0.4 is 5.32 Å². The monoisotopic (exact) mass is 340 g/mol. The van der Waals surface area contributed by atoms with E-state index in [4.69, 9.17) is 0 Å². The van der Waals surface area contributed by atoms with E-state index < -0.39 is 0 Å². The molecule has 2 aromatic heterocycles. The topological polar surface area (TPSA) is 80.0 Å². The summed E-state index contributed by atoms with van der Waals surface area (Å²) in [6.45, 7) is 0.640. The van der Waals surface area contributed by atoms with Crippen LogP contribution in [0.25, 0.3) is 0 Å². The van der Waals surface area contributed by atoms with E-state index in [0.29, 0.717) is 12.5 Å². The van der Waals surface area contributed by atoms with E-state index in [0.717, 1.165) is 32.1 Å². The van der Waals surface area contributed by atoms with Crippen LogP contribution in [0.2, 0.25) is 0 Å². The van der Waals surface area contributed by atoms with Crippen molar-refractivity contribution in [2.75, 3.05) is 0 Å². The minimum atomic E-state index is -0.315. The molecule has 0 bridgehead atoms. The van der Waals surface area contributed by atoms with Crippen LogP contribution in [0.5, 0.6) is 0 Å². The lowest BCUT2D eigenvalue weighted by Crippen LogP contribution is -2.50. The van der Waals surface area contributed by atoms with Gasteiger partial charge in [0.25, 0.3) is 0 Å². The van der Waals surface area contributed by atoms with Gasteiger partial charge >= 0.3 is 0 Å². The Morgan fingerprint density at radius 1 is 1.32 bits per heavy atom. The van der Waals surface area contributed by atoms with Gasteiger partial charge in [-0.2, -0.15) is 5.10 Å². The molecule has 0 unspecified atom stereocenters. The van der Waals surface area contributed by atoms with Crippen molar-refractivity contribution in [1.82, 2.24) is 20.1 Å². The van der Waals surface area contributed by atoms with Crippen LogP contribution in [-0.2, 0) is 17.8 Å². The number of pyridine rings is 1. The second kappa shape index (κ2) is 6.59. The maximum Gasteiger partial charge on any atom is 0.228 e. The molecule has 0 aromatic carbocycles. The smallest absolute Gasteiger partial charge is 0.228 e. The Morgan fingerprint density at radius 3 is 2.68 bits per heavy atom. The second-order valence-corrected chi connectivity index (χ2v) is 7.51. The van der Waals surface area contributed by atoms with Crippen LogP contribution in [-0.4, -0.2) is 37.9 Å².